The molecule has 1 aliphatic rings. The Morgan fingerprint density at radius 3 is 2.37 bits per heavy atom. The van der Waals surface area contributed by atoms with Gasteiger partial charge in [0.2, 0.25) is 0 Å². The molecule has 0 bridgehead atoms. The molecule has 7 nitrogen and oxygen atoms in total. The first kappa shape index (κ1) is 24.1. The molecule has 1 aromatic heterocycles. The maximum Gasteiger partial charge on any atom is 0.343 e. The Balaban J connectivity index is 2.16. The molecule has 0 amide bonds. The Morgan fingerprint density at radius 1 is 1.09 bits per heavy atom. The van der Waals surface area contributed by atoms with Crippen LogP contribution >= 0.6 is 11.3 Å². The number of esters is 2. The first-order valence-electron chi connectivity index (χ1n) is 10.5. The molecule has 0 unspecified atom stereocenters. The fourth-order valence-electron chi connectivity index (χ4n) is 3.89. The van der Waals surface area contributed by atoms with Crippen LogP contribution in [0.25, 0.3) is 11.6 Å². The molecule has 1 atom stereocenters. The summed E-state index contributed by atoms with van der Waals surface area (Å²) in [6, 6.07) is 10.1. The van der Waals surface area contributed by atoms with E-state index >= 15 is 0 Å². The standard InChI is InChI=1S/C25H20F2N2O5S/c1-3-34-25(32)19-20(28)18(24(31)33-2)21(14-9-5-7-11-16(14)27)29-22(30)17(35-23(19)29)12-13-8-4-6-10-15(13)26/h4-12,21H,3,28H2,1-2H3/b17-12+/t21-/m0/s1. The summed E-state index contributed by atoms with van der Waals surface area (Å²) in [5.74, 6) is -3.07. The van der Waals surface area contributed by atoms with E-state index in [-0.39, 0.29) is 43.8 Å². The van der Waals surface area contributed by atoms with Crippen molar-refractivity contribution in [2.45, 2.75) is 13.0 Å². The quantitative estimate of drug-likeness (QED) is 0.538. The third-order valence-electron chi connectivity index (χ3n) is 5.44. The van der Waals surface area contributed by atoms with Gasteiger partial charge >= 0.3 is 11.9 Å². The summed E-state index contributed by atoms with van der Waals surface area (Å²) in [6.07, 6.45) is 1.32. The van der Waals surface area contributed by atoms with Crippen molar-refractivity contribution < 1.29 is 27.8 Å². The lowest BCUT2D eigenvalue weighted by Gasteiger charge is -2.27. The molecular formula is C25H20F2N2O5S. The summed E-state index contributed by atoms with van der Waals surface area (Å²) < 4.78 is 40.5. The van der Waals surface area contributed by atoms with Crippen LogP contribution in [0.1, 0.15) is 24.1 Å². The minimum atomic E-state index is -1.33. The number of aromatic nitrogens is 1. The van der Waals surface area contributed by atoms with E-state index in [2.05, 4.69) is 0 Å². The summed E-state index contributed by atoms with van der Waals surface area (Å²) in [7, 11) is 1.11. The maximum atomic E-state index is 15.0. The number of nitrogens with zero attached hydrogens (tertiary/aromatic N) is 1. The number of ether oxygens (including phenoxy) is 2. The van der Waals surface area contributed by atoms with Gasteiger partial charge in [-0.25, -0.2) is 18.4 Å². The van der Waals surface area contributed by atoms with Crippen LogP contribution in [0.15, 0.2) is 64.6 Å². The van der Waals surface area contributed by atoms with Gasteiger partial charge in [-0.3, -0.25) is 9.36 Å². The monoisotopic (exact) mass is 498 g/mol. The number of methoxy groups -OCH3 is 1. The number of nitrogens with two attached hydrogens (primary N) is 1. The molecule has 0 spiro atoms. The highest BCUT2D eigenvalue weighted by molar-refractivity contribution is 7.07. The van der Waals surface area contributed by atoms with Gasteiger partial charge in [-0.1, -0.05) is 36.4 Å². The zero-order valence-corrected chi connectivity index (χ0v) is 19.5. The van der Waals surface area contributed by atoms with E-state index in [0.717, 1.165) is 23.0 Å². The van der Waals surface area contributed by atoms with Gasteiger partial charge in [-0.15, -0.1) is 11.3 Å². The average molecular weight is 499 g/mol. The van der Waals surface area contributed by atoms with Crippen LogP contribution < -0.4 is 20.5 Å². The van der Waals surface area contributed by atoms with Crippen molar-refractivity contribution in [2.24, 2.45) is 5.73 Å². The largest absolute Gasteiger partial charge is 0.466 e. The van der Waals surface area contributed by atoms with Gasteiger partial charge in [0, 0.05) is 11.1 Å². The van der Waals surface area contributed by atoms with Crippen LogP contribution in [-0.2, 0) is 19.1 Å². The fourth-order valence-corrected chi connectivity index (χ4v) is 5.05. The van der Waals surface area contributed by atoms with Crippen molar-refractivity contribution in [1.82, 2.24) is 4.57 Å². The molecule has 2 heterocycles. The molecule has 2 N–H and O–H groups in total. The van der Waals surface area contributed by atoms with Crippen LogP contribution in [0.3, 0.4) is 0 Å². The van der Waals surface area contributed by atoms with Crippen LogP contribution in [0, 0.1) is 11.6 Å². The molecule has 0 aliphatic carbocycles. The Morgan fingerprint density at radius 2 is 1.74 bits per heavy atom. The lowest BCUT2D eigenvalue weighted by molar-refractivity contribution is -0.136. The minimum absolute atomic E-state index is 0.00370. The van der Waals surface area contributed by atoms with E-state index in [1.807, 2.05) is 0 Å². The lowest BCUT2D eigenvalue weighted by Crippen LogP contribution is -2.43. The molecule has 0 fully saturated rings. The second-order valence-electron chi connectivity index (χ2n) is 7.45. The second kappa shape index (κ2) is 9.67. The van der Waals surface area contributed by atoms with Gasteiger partial charge < -0.3 is 15.2 Å². The zero-order valence-electron chi connectivity index (χ0n) is 18.7. The van der Waals surface area contributed by atoms with Crippen molar-refractivity contribution in [2.75, 3.05) is 13.7 Å². The molecule has 35 heavy (non-hydrogen) atoms. The molecule has 3 aromatic rings. The van der Waals surface area contributed by atoms with Crippen molar-refractivity contribution in [3.8, 4) is 0 Å². The number of thiazole rings is 1. The third kappa shape index (κ3) is 4.17. The predicted molar refractivity (Wildman–Crippen MR) is 126 cm³/mol. The number of rotatable bonds is 5. The maximum absolute atomic E-state index is 15.0. The smallest absolute Gasteiger partial charge is 0.343 e. The van der Waals surface area contributed by atoms with Gasteiger partial charge in [0.25, 0.3) is 5.56 Å². The van der Waals surface area contributed by atoms with Gasteiger partial charge in [-0.05, 0) is 25.1 Å². The number of hydrogen-bond acceptors (Lipinski definition) is 7. The summed E-state index contributed by atoms with van der Waals surface area (Å²) in [4.78, 5) is 39.4. The van der Waals surface area contributed by atoms with Crippen molar-refractivity contribution in [1.29, 1.82) is 0 Å². The van der Waals surface area contributed by atoms with E-state index in [1.165, 1.54) is 48.5 Å². The molecule has 0 saturated carbocycles. The van der Waals surface area contributed by atoms with Crippen molar-refractivity contribution in [3.63, 3.8) is 0 Å². The first-order valence-corrected chi connectivity index (χ1v) is 11.3. The first-order chi connectivity index (χ1) is 16.8. The van der Waals surface area contributed by atoms with Crippen LogP contribution in [0.4, 0.5) is 8.78 Å². The average Bonchev–Trinajstić information content (AvgIpc) is 3.15. The van der Waals surface area contributed by atoms with E-state index in [0.29, 0.717) is 0 Å². The minimum Gasteiger partial charge on any atom is -0.466 e. The summed E-state index contributed by atoms with van der Waals surface area (Å²) in [6.45, 7) is 1.59. The highest BCUT2D eigenvalue weighted by atomic mass is 32.1. The number of fused-ring (bicyclic) bond motifs is 1. The zero-order chi connectivity index (χ0) is 25.3. The Kier molecular flexibility index (Phi) is 6.65. The second-order valence-corrected chi connectivity index (χ2v) is 8.48. The van der Waals surface area contributed by atoms with Crippen LogP contribution in [0.2, 0.25) is 0 Å². The van der Waals surface area contributed by atoms with E-state index in [4.69, 9.17) is 15.2 Å². The summed E-state index contributed by atoms with van der Waals surface area (Å²) >= 11 is 0.859. The topological polar surface area (TPSA) is 101 Å². The van der Waals surface area contributed by atoms with E-state index in [1.54, 1.807) is 13.0 Å². The molecular weight excluding hydrogens is 478 g/mol. The molecule has 0 saturated heterocycles. The number of benzene rings is 2. The van der Waals surface area contributed by atoms with Gasteiger partial charge in [0.05, 0.1) is 29.5 Å². The Labute approximate surface area is 202 Å². The van der Waals surface area contributed by atoms with Crippen molar-refractivity contribution in [3.05, 3.63) is 102 Å². The number of carbonyl (C=O) groups excluding carboxylic acids is 2. The third-order valence-corrected chi connectivity index (χ3v) is 6.54. The Hall–Kier alpha value is -4.05. The number of halogens is 2. The molecule has 180 valence electrons. The lowest BCUT2D eigenvalue weighted by atomic mass is 9.91. The Bertz CT molecular complexity index is 1550. The molecule has 4 rings (SSSR count). The molecule has 0 radical (unpaired) electrons. The highest BCUT2D eigenvalue weighted by Crippen LogP contribution is 2.33. The van der Waals surface area contributed by atoms with Crippen LogP contribution in [-0.4, -0.2) is 30.2 Å². The number of carbonyl (C=O) groups is 2. The normalized spacial score (nSPS) is 15.7. The van der Waals surface area contributed by atoms with Gasteiger partial charge in [0.1, 0.15) is 27.9 Å². The molecule has 2 aromatic carbocycles. The SMILES string of the molecule is CCOC(=O)C1=c2s/c(=C/c3ccccc3F)c(=O)n2[C@@H](c2ccccc2F)C(C(=O)OC)=C1N. The van der Waals surface area contributed by atoms with Crippen LogP contribution in [0.5, 0.6) is 0 Å². The summed E-state index contributed by atoms with van der Waals surface area (Å²) in [5, 5.41) is 0. The summed E-state index contributed by atoms with van der Waals surface area (Å²) in [5.41, 5.74) is 4.93. The molecule has 1 aliphatic heterocycles. The van der Waals surface area contributed by atoms with E-state index < -0.39 is 35.2 Å². The molecule has 10 heteroatoms. The predicted octanol–water partition coefficient (Wildman–Crippen LogP) is 1.72. The van der Waals surface area contributed by atoms with Gasteiger partial charge in [0.15, 0.2) is 0 Å². The van der Waals surface area contributed by atoms with E-state index in [9.17, 15) is 23.2 Å². The number of hydrogen-bond donors (Lipinski definition) is 1. The highest BCUT2D eigenvalue weighted by Gasteiger charge is 2.39. The van der Waals surface area contributed by atoms with Gasteiger partial charge in [-0.2, -0.15) is 0 Å². The van der Waals surface area contributed by atoms with Crippen molar-refractivity contribution >= 4 is 34.9 Å². The fraction of sp³-hybridized carbons (Fsp3) is 0.160.